The number of carbonyl (C=O) groups excluding carboxylic acids is 3. The van der Waals surface area contributed by atoms with Gasteiger partial charge in [0.1, 0.15) is 17.4 Å². The summed E-state index contributed by atoms with van der Waals surface area (Å²) in [5.74, 6) is -2.62. The van der Waals surface area contributed by atoms with E-state index in [-0.39, 0.29) is 24.2 Å². The molecule has 1 atom stereocenters. The topological polar surface area (TPSA) is 142 Å². The maximum Gasteiger partial charge on any atom is 0.332 e. The lowest BCUT2D eigenvalue weighted by molar-refractivity contribution is -0.145. The van der Waals surface area contributed by atoms with Gasteiger partial charge >= 0.3 is 11.7 Å². The lowest BCUT2D eigenvalue weighted by atomic mass is 10.0. The SMILES string of the molecule is CC(C)Cn1c(N)c(C(=O)COC(=O)C(NC(=O)c2cccs2)C(C)C)c(=O)n(C)c1=O. The molecule has 0 aromatic carbocycles. The van der Waals surface area contributed by atoms with Gasteiger partial charge < -0.3 is 15.8 Å². The first-order valence-corrected chi connectivity index (χ1v) is 11.0. The monoisotopic (exact) mass is 464 g/mol. The molecule has 2 aromatic rings. The highest BCUT2D eigenvalue weighted by molar-refractivity contribution is 7.12. The lowest BCUT2D eigenvalue weighted by Gasteiger charge is -2.20. The predicted molar refractivity (Wildman–Crippen MR) is 121 cm³/mol. The van der Waals surface area contributed by atoms with Crippen LogP contribution in [0.15, 0.2) is 27.1 Å². The van der Waals surface area contributed by atoms with E-state index in [9.17, 15) is 24.0 Å². The van der Waals surface area contributed by atoms with Crippen LogP contribution in [0.3, 0.4) is 0 Å². The van der Waals surface area contributed by atoms with Crippen molar-refractivity contribution >= 4 is 34.8 Å². The smallest absolute Gasteiger partial charge is 0.332 e. The van der Waals surface area contributed by atoms with Crippen molar-refractivity contribution in [3.05, 3.63) is 48.8 Å². The number of esters is 1. The third-order valence-corrected chi connectivity index (χ3v) is 5.58. The van der Waals surface area contributed by atoms with E-state index in [4.69, 9.17) is 10.5 Å². The number of hydrogen-bond donors (Lipinski definition) is 2. The Labute approximate surface area is 189 Å². The molecule has 0 aliphatic rings. The van der Waals surface area contributed by atoms with Crippen LogP contribution in [-0.2, 0) is 23.1 Å². The van der Waals surface area contributed by atoms with Gasteiger partial charge in [0, 0.05) is 13.6 Å². The largest absolute Gasteiger partial charge is 0.456 e. The normalized spacial score (nSPS) is 12.1. The Morgan fingerprint density at radius 1 is 1.19 bits per heavy atom. The molecule has 0 saturated carbocycles. The Hall–Kier alpha value is -3.21. The van der Waals surface area contributed by atoms with E-state index in [1.54, 1.807) is 31.4 Å². The van der Waals surface area contributed by atoms with Gasteiger partial charge in [0.05, 0.1) is 4.88 Å². The van der Waals surface area contributed by atoms with Crippen LogP contribution in [0.25, 0.3) is 0 Å². The summed E-state index contributed by atoms with van der Waals surface area (Å²) in [4.78, 5) is 62.9. The van der Waals surface area contributed by atoms with Gasteiger partial charge in [-0.25, -0.2) is 9.59 Å². The third-order valence-electron chi connectivity index (χ3n) is 4.71. The first kappa shape index (κ1) is 25.1. The average molecular weight is 465 g/mol. The van der Waals surface area contributed by atoms with Crippen LogP contribution in [0.4, 0.5) is 5.82 Å². The Balaban J connectivity index is 2.21. The molecule has 2 heterocycles. The molecule has 0 fully saturated rings. The summed E-state index contributed by atoms with van der Waals surface area (Å²) in [6, 6.07) is 2.34. The van der Waals surface area contributed by atoms with Crippen molar-refractivity contribution in [1.29, 1.82) is 0 Å². The second-order valence-corrected chi connectivity index (χ2v) is 9.06. The Morgan fingerprint density at radius 2 is 1.84 bits per heavy atom. The van der Waals surface area contributed by atoms with Crippen molar-refractivity contribution in [2.75, 3.05) is 12.3 Å². The standard InChI is InChI=1S/C21H28N4O6S/c1-11(2)9-25-17(22)15(19(28)24(5)21(25)30)13(26)10-31-20(29)16(12(3)4)23-18(27)14-7-6-8-32-14/h6-8,11-12,16H,9-10,22H2,1-5H3,(H,23,27). The number of carbonyl (C=O) groups is 3. The lowest BCUT2D eigenvalue weighted by Crippen LogP contribution is -2.46. The summed E-state index contributed by atoms with van der Waals surface area (Å²) in [5.41, 5.74) is 4.06. The van der Waals surface area contributed by atoms with Crippen LogP contribution in [0.2, 0.25) is 0 Å². The fraction of sp³-hybridized carbons (Fsp3) is 0.476. The maximum atomic E-state index is 12.7. The van der Waals surface area contributed by atoms with Crippen LogP contribution in [0.5, 0.6) is 0 Å². The zero-order valence-electron chi connectivity index (χ0n) is 18.7. The van der Waals surface area contributed by atoms with Crippen molar-refractivity contribution in [3.8, 4) is 0 Å². The van der Waals surface area contributed by atoms with Gasteiger partial charge in [0.15, 0.2) is 6.61 Å². The van der Waals surface area contributed by atoms with Crippen LogP contribution in [0.1, 0.15) is 47.7 Å². The van der Waals surface area contributed by atoms with E-state index in [1.807, 2.05) is 13.8 Å². The third kappa shape index (κ3) is 5.52. The highest BCUT2D eigenvalue weighted by Gasteiger charge is 2.28. The van der Waals surface area contributed by atoms with Gasteiger partial charge in [0.25, 0.3) is 11.5 Å². The predicted octanol–water partition coefficient (Wildman–Crippen LogP) is 1.03. The molecule has 1 amide bonds. The quantitative estimate of drug-likeness (QED) is 0.417. The summed E-state index contributed by atoms with van der Waals surface area (Å²) >= 11 is 1.23. The minimum Gasteiger partial charge on any atom is -0.456 e. The minimum absolute atomic E-state index is 0.0343. The number of nitrogens with one attached hydrogen (secondary N) is 1. The van der Waals surface area contributed by atoms with Gasteiger partial charge in [0.2, 0.25) is 5.78 Å². The van der Waals surface area contributed by atoms with E-state index in [1.165, 1.54) is 18.4 Å². The summed E-state index contributed by atoms with van der Waals surface area (Å²) < 4.78 is 7.06. The Morgan fingerprint density at radius 3 is 2.38 bits per heavy atom. The number of anilines is 1. The molecule has 0 spiro atoms. The molecule has 2 rings (SSSR count). The van der Waals surface area contributed by atoms with Crippen LogP contribution in [-0.4, -0.2) is 39.4 Å². The van der Waals surface area contributed by atoms with Crippen LogP contribution < -0.4 is 22.3 Å². The van der Waals surface area contributed by atoms with Crippen molar-refractivity contribution < 1.29 is 19.1 Å². The van der Waals surface area contributed by atoms with E-state index in [2.05, 4.69) is 5.32 Å². The summed E-state index contributed by atoms with van der Waals surface area (Å²) in [6.07, 6.45) is 0. The number of ketones is 1. The second-order valence-electron chi connectivity index (χ2n) is 8.11. The number of aromatic nitrogens is 2. The summed E-state index contributed by atoms with van der Waals surface area (Å²) in [6.45, 7) is 6.61. The van der Waals surface area contributed by atoms with E-state index in [0.29, 0.717) is 4.88 Å². The molecule has 3 N–H and O–H groups in total. The van der Waals surface area contributed by atoms with Crippen LogP contribution in [0, 0.1) is 11.8 Å². The fourth-order valence-corrected chi connectivity index (χ4v) is 3.63. The molecule has 174 valence electrons. The molecular formula is C21H28N4O6S. The Bertz CT molecular complexity index is 1110. The molecule has 0 radical (unpaired) electrons. The van der Waals surface area contributed by atoms with Crippen molar-refractivity contribution in [3.63, 3.8) is 0 Å². The molecule has 32 heavy (non-hydrogen) atoms. The van der Waals surface area contributed by atoms with Gasteiger partial charge in [-0.1, -0.05) is 33.8 Å². The van der Waals surface area contributed by atoms with Crippen LogP contribution >= 0.6 is 11.3 Å². The van der Waals surface area contributed by atoms with E-state index < -0.39 is 47.1 Å². The molecule has 1 unspecified atom stereocenters. The fourth-order valence-electron chi connectivity index (χ4n) is 3.00. The number of ether oxygens (including phenoxy) is 1. The number of amides is 1. The number of nitrogens with two attached hydrogens (primary N) is 1. The first-order valence-electron chi connectivity index (χ1n) is 10.1. The number of thiophene rings is 1. The molecule has 0 saturated heterocycles. The molecule has 0 aliphatic heterocycles. The first-order chi connectivity index (χ1) is 15.0. The molecule has 10 nitrogen and oxygen atoms in total. The second kappa shape index (κ2) is 10.4. The summed E-state index contributed by atoms with van der Waals surface area (Å²) in [5, 5.41) is 4.34. The van der Waals surface area contributed by atoms with Gasteiger partial charge in [-0.3, -0.25) is 23.5 Å². The zero-order valence-corrected chi connectivity index (χ0v) is 19.5. The Kier molecular flexibility index (Phi) is 8.14. The van der Waals surface area contributed by atoms with Gasteiger partial charge in [-0.15, -0.1) is 11.3 Å². The van der Waals surface area contributed by atoms with Gasteiger partial charge in [-0.05, 0) is 23.3 Å². The minimum atomic E-state index is -0.993. The molecule has 2 aromatic heterocycles. The van der Waals surface area contributed by atoms with Gasteiger partial charge in [-0.2, -0.15) is 0 Å². The number of hydrogen-bond acceptors (Lipinski definition) is 8. The van der Waals surface area contributed by atoms with Crippen molar-refractivity contribution in [2.24, 2.45) is 18.9 Å². The highest BCUT2D eigenvalue weighted by atomic mass is 32.1. The number of Topliss-reactive ketones (excluding diaryl/α,β-unsaturated/α-hetero) is 1. The molecule has 11 heteroatoms. The molecular weight excluding hydrogens is 436 g/mol. The number of rotatable bonds is 9. The molecule has 0 bridgehead atoms. The summed E-state index contributed by atoms with van der Waals surface area (Å²) in [7, 11) is 1.25. The average Bonchev–Trinajstić information content (AvgIpc) is 3.26. The van der Waals surface area contributed by atoms with Crippen molar-refractivity contribution in [2.45, 2.75) is 40.3 Å². The molecule has 0 aliphatic carbocycles. The van der Waals surface area contributed by atoms with E-state index >= 15 is 0 Å². The maximum absolute atomic E-state index is 12.7. The van der Waals surface area contributed by atoms with Crippen molar-refractivity contribution in [1.82, 2.24) is 14.5 Å². The zero-order chi connectivity index (χ0) is 24.2. The number of nitrogens with zero attached hydrogens (tertiary/aromatic N) is 2. The number of nitrogen functional groups attached to an aromatic ring is 1. The van der Waals surface area contributed by atoms with E-state index in [0.717, 1.165) is 9.13 Å². The highest BCUT2D eigenvalue weighted by Crippen LogP contribution is 2.12.